The minimum absolute atomic E-state index is 0.121. The summed E-state index contributed by atoms with van der Waals surface area (Å²) in [6.07, 6.45) is 0.987. The van der Waals surface area contributed by atoms with E-state index in [0.717, 1.165) is 36.4 Å². The van der Waals surface area contributed by atoms with E-state index < -0.39 is 12.0 Å². The summed E-state index contributed by atoms with van der Waals surface area (Å²) in [5.41, 5.74) is 2.72. The minimum atomic E-state index is -0.439. The van der Waals surface area contributed by atoms with E-state index in [-0.39, 0.29) is 17.9 Å². The molecule has 6 nitrogen and oxygen atoms in total. The summed E-state index contributed by atoms with van der Waals surface area (Å²) in [6.45, 7) is 3.64. The molecule has 3 saturated heterocycles. The average molecular weight is 377 g/mol. The van der Waals surface area contributed by atoms with Crippen molar-refractivity contribution in [3.8, 4) is 5.75 Å². The summed E-state index contributed by atoms with van der Waals surface area (Å²) < 4.78 is 5.59. The Bertz CT molecular complexity index is 942. The Morgan fingerprint density at radius 2 is 1.57 bits per heavy atom. The lowest BCUT2D eigenvalue weighted by Gasteiger charge is -2.30. The van der Waals surface area contributed by atoms with Crippen molar-refractivity contribution in [1.82, 2.24) is 10.0 Å². The maximum absolute atomic E-state index is 13.5. The van der Waals surface area contributed by atoms with Gasteiger partial charge in [-0.1, -0.05) is 35.9 Å². The number of benzene rings is 2. The van der Waals surface area contributed by atoms with Gasteiger partial charge in [-0.3, -0.25) is 9.59 Å². The van der Waals surface area contributed by atoms with E-state index in [0.29, 0.717) is 5.69 Å². The molecule has 0 radical (unpaired) electrons. The van der Waals surface area contributed by atoms with E-state index in [4.69, 9.17) is 4.74 Å². The third kappa shape index (κ3) is 2.34. The lowest BCUT2D eigenvalue weighted by Crippen LogP contribution is -2.44. The largest absolute Gasteiger partial charge is 0.496 e. The molecule has 6 heteroatoms. The molecular weight excluding hydrogens is 354 g/mol. The molecule has 3 aliphatic heterocycles. The lowest BCUT2D eigenvalue weighted by atomic mass is 9.89. The predicted molar refractivity (Wildman–Crippen MR) is 105 cm³/mol. The summed E-state index contributed by atoms with van der Waals surface area (Å²) in [6, 6.07) is 14.8. The summed E-state index contributed by atoms with van der Waals surface area (Å²) in [7, 11) is 1.65. The van der Waals surface area contributed by atoms with Gasteiger partial charge in [0.05, 0.1) is 24.8 Å². The minimum Gasteiger partial charge on any atom is -0.496 e. The summed E-state index contributed by atoms with van der Waals surface area (Å²) in [5.74, 6) is 0.0896. The van der Waals surface area contributed by atoms with Crippen LogP contribution in [0.5, 0.6) is 5.75 Å². The van der Waals surface area contributed by atoms with Crippen LogP contribution in [0.25, 0.3) is 0 Å². The van der Waals surface area contributed by atoms with Crippen molar-refractivity contribution < 1.29 is 14.3 Å². The number of amides is 2. The normalized spacial score (nSPS) is 27.4. The van der Waals surface area contributed by atoms with E-state index in [1.165, 1.54) is 4.90 Å². The number of carbonyl (C=O) groups excluding carboxylic acids is 2. The maximum Gasteiger partial charge on any atom is 0.253 e. The number of hydrogen-bond donors (Lipinski definition) is 0. The first kappa shape index (κ1) is 17.4. The zero-order chi connectivity index (χ0) is 19.4. The molecule has 0 aliphatic carbocycles. The van der Waals surface area contributed by atoms with Gasteiger partial charge < -0.3 is 4.74 Å². The van der Waals surface area contributed by atoms with Crippen LogP contribution in [0.15, 0.2) is 48.5 Å². The SMILES string of the molecule is COc1ccccc1C1C2C(=O)N(c3ccc(C)cc3)C(=O)C2N2CCCN12. The number of ether oxygens (including phenoxy) is 1. The van der Waals surface area contributed by atoms with E-state index >= 15 is 0 Å². The van der Waals surface area contributed by atoms with E-state index in [2.05, 4.69) is 10.0 Å². The predicted octanol–water partition coefficient (Wildman–Crippen LogP) is 2.54. The lowest BCUT2D eigenvalue weighted by molar-refractivity contribution is -0.126. The molecule has 3 unspecified atom stereocenters. The molecular formula is C22H23N3O3. The second-order valence-corrected chi connectivity index (χ2v) is 7.68. The Labute approximate surface area is 164 Å². The average Bonchev–Trinajstić information content (AvgIpc) is 3.35. The van der Waals surface area contributed by atoms with Gasteiger partial charge in [0.25, 0.3) is 5.91 Å². The molecule has 3 atom stereocenters. The Kier molecular flexibility index (Phi) is 4.00. The Morgan fingerprint density at radius 1 is 0.893 bits per heavy atom. The van der Waals surface area contributed by atoms with Crippen molar-refractivity contribution in [2.45, 2.75) is 25.4 Å². The van der Waals surface area contributed by atoms with Crippen molar-refractivity contribution >= 4 is 17.5 Å². The Morgan fingerprint density at radius 3 is 2.29 bits per heavy atom. The van der Waals surface area contributed by atoms with Crippen LogP contribution in [0, 0.1) is 12.8 Å². The summed E-state index contributed by atoms with van der Waals surface area (Å²) in [5, 5.41) is 4.31. The van der Waals surface area contributed by atoms with Gasteiger partial charge in [-0.15, -0.1) is 0 Å². The smallest absolute Gasteiger partial charge is 0.253 e. The van der Waals surface area contributed by atoms with Crippen molar-refractivity contribution in [1.29, 1.82) is 0 Å². The number of nitrogens with zero attached hydrogens (tertiary/aromatic N) is 3. The van der Waals surface area contributed by atoms with Gasteiger partial charge in [-0.05, 0) is 31.5 Å². The third-order valence-corrected chi connectivity index (χ3v) is 6.16. The number of hydrogen-bond acceptors (Lipinski definition) is 5. The van der Waals surface area contributed by atoms with Crippen LogP contribution in [0.3, 0.4) is 0 Å². The van der Waals surface area contributed by atoms with Crippen LogP contribution in [-0.4, -0.2) is 48.1 Å². The molecule has 0 aromatic heterocycles. The van der Waals surface area contributed by atoms with Crippen LogP contribution in [0.1, 0.15) is 23.6 Å². The number of imide groups is 1. The molecule has 3 heterocycles. The van der Waals surface area contributed by atoms with Gasteiger partial charge in [0.15, 0.2) is 0 Å². The first-order valence-corrected chi connectivity index (χ1v) is 9.72. The first-order valence-electron chi connectivity index (χ1n) is 9.72. The highest BCUT2D eigenvalue weighted by Gasteiger charge is 2.63. The molecule has 0 spiro atoms. The summed E-state index contributed by atoms with van der Waals surface area (Å²) >= 11 is 0. The molecule has 2 aromatic carbocycles. The van der Waals surface area contributed by atoms with Crippen LogP contribution in [0.4, 0.5) is 5.69 Å². The van der Waals surface area contributed by atoms with Gasteiger partial charge in [0.2, 0.25) is 5.91 Å². The molecule has 0 bridgehead atoms. The molecule has 3 fully saturated rings. The zero-order valence-electron chi connectivity index (χ0n) is 16.0. The molecule has 0 saturated carbocycles. The number of para-hydroxylation sites is 1. The van der Waals surface area contributed by atoms with Gasteiger partial charge in [-0.25, -0.2) is 14.9 Å². The second-order valence-electron chi connectivity index (χ2n) is 7.68. The second kappa shape index (κ2) is 6.43. The number of methoxy groups -OCH3 is 1. The number of anilines is 1. The molecule has 144 valence electrons. The van der Waals surface area contributed by atoms with Crippen LogP contribution >= 0.6 is 0 Å². The molecule has 0 N–H and O–H groups in total. The first-order chi connectivity index (χ1) is 13.6. The van der Waals surface area contributed by atoms with Gasteiger partial charge in [0, 0.05) is 18.7 Å². The van der Waals surface area contributed by atoms with Crippen molar-refractivity contribution in [3.63, 3.8) is 0 Å². The van der Waals surface area contributed by atoms with Crippen molar-refractivity contribution in [2.24, 2.45) is 5.92 Å². The summed E-state index contributed by atoms with van der Waals surface area (Å²) in [4.78, 5) is 28.3. The van der Waals surface area contributed by atoms with E-state index in [1.807, 2.05) is 55.5 Å². The number of rotatable bonds is 3. The highest BCUT2D eigenvalue weighted by atomic mass is 16.5. The molecule has 3 aliphatic rings. The van der Waals surface area contributed by atoms with Crippen molar-refractivity contribution in [2.75, 3.05) is 25.1 Å². The quantitative estimate of drug-likeness (QED) is 0.770. The maximum atomic E-state index is 13.5. The third-order valence-electron chi connectivity index (χ3n) is 6.16. The van der Waals surface area contributed by atoms with Crippen LogP contribution < -0.4 is 9.64 Å². The number of aryl methyl sites for hydroxylation is 1. The van der Waals surface area contributed by atoms with Gasteiger partial charge in [0.1, 0.15) is 11.8 Å². The van der Waals surface area contributed by atoms with Gasteiger partial charge in [-0.2, -0.15) is 0 Å². The molecule has 2 aromatic rings. The monoisotopic (exact) mass is 377 g/mol. The van der Waals surface area contributed by atoms with Crippen LogP contribution in [0.2, 0.25) is 0 Å². The fraction of sp³-hybridized carbons (Fsp3) is 0.364. The van der Waals surface area contributed by atoms with Crippen LogP contribution in [-0.2, 0) is 9.59 Å². The fourth-order valence-electron chi connectivity index (χ4n) is 4.95. The number of fused-ring (bicyclic) bond motifs is 3. The Balaban J connectivity index is 1.60. The van der Waals surface area contributed by atoms with E-state index in [1.54, 1.807) is 7.11 Å². The van der Waals surface area contributed by atoms with E-state index in [9.17, 15) is 9.59 Å². The topological polar surface area (TPSA) is 53.1 Å². The van der Waals surface area contributed by atoms with Crippen molar-refractivity contribution in [3.05, 3.63) is 59.7 Å². The highest BCUT2D eigenvalue weighted by Crippen LogP contribution is 2.50. The molecule has 5 rings (SSSR count). The number of carbonyl (C=O) groups is 2. The highest BCUT2D eigenvalue weighted by molar-refractivity contribution is 6.24. The number of hydrazine groups is 1. The Hall–Kier alpha value is -2.70. The zero-order valence-corrected chi connectivity index (χ0v) is 16.0. The fourth-order valence-corrected chi connectivity index (χ4v) is 4.95. The standard InChI is InChI=1S/C22H23N3O3/c1-14-8-10-15(11-9-14)25-21(26)18-19(16-6-3-4-7-17(16)28-2)23-12-5-13-24(23)20(18)22(25)27/h3-4,6-11,18-20H,5,12-13H2,1-2H3. The molecule has 2 amide bonds. The molecule has 28 heavy (non-hydrogen) atoms. The van der Waals surface area contributed by atoms with Gasteiger partial charge >= 0.3 is 0 Å².